The maximum absolute atomic E-state index is 12.8. The van der Waals surface area contributed by atoms with Crippen molar-refractivity contribution < 1.29 is 23.8 Å². The summed E-state index contributed by atoms with van der Waals surface area (Å²) in [6, 6.07) is 12.1. The highest BCUT2D eigenvalue weighted by molar-refractivity contribution is 6.31. The highest BCUT2D eigenvalue weighted by Crippen LogP contribution is 2.34. The summed E-state index contributed by atoms with van der Waals surface area (Å²) >= 11 is 6.39. The molecular formula is C25H27ClN4O5. The monoisotopic (exact) mass is 498 g/mol. The first-order valence-electron chi connectivity index (χ1n) is 11.5. The number of amides is 2. The second-order valence-electron chi connectivity index (χ2n) is 8.68. The van der Waals surface area contributed by atoms with Gasteiger partial charge in [0.25, 0.3) is 0 Å². The number of hydrogen-bond donors (Lipinski definition) is 2. The molecule has 5 rings (SSSR count). The number of hydrogen-bond acceptors (Lipinski definition) is 7. The van der Waals surface area contributed by atoms with Gasteiger partial charge in [-0.25, -0.2) is 9.59 Å². The predicted molar refractivity (Wildman–Crippen MR) is 129 cm³/mol. The van der Waals surface area contributed by atoms with Crippen LogP contribution in [0.3, 0.4) is 0 Å². The minimum atomic E-state index is -0.688. The molecule has 0 saturated carbocycles. The number of carbonyl (C=O) groups excluding carboxylic acids is 2. The maximum atomic E-state index is 12.8. The molecule has 0 radical (unpaired) electrons. The molecule has 10 heteroatoms. The fourth-order valence-electron chi connectivity index (χ4n) is 4.66. The number of esters is 1. The summed E-state index contributed by atoms with van der Waals surface area (Å²) in [4.78, 5) is 29.9. The van der Waals surface area contributed by atoms with Gasteiger partial charge in [0.15, 0.2) is 11.5 Å². The van der Waals surface area contributed by atoms with Gasteiger partial charge in [0, 0.05) is 50.0 Å². The number of ether oxygens (including phenoxy) is 3. The highest BCUT2D eigenvalue weighted by Gasteiger charge is 2.35. The van der Waals surface area contributed by atoms with E-state index in [2.05, 4.69) is 26.5 Å². The van der Waals surface area contributed by atoms with Gasteiger partial charge in [0.1, 0.15) is 0 Å². The molecule has 3 aliphatic rings. The summed E-state index contributed by atoms with van der Waals surface area (Å²) < 4.78 is 16.0. The van der Waals surface area contributed by atoms with Crippen LogP contribution in [0, 0.1) is 0 Å². The Morgan fingerprint density at radius 3 is 2.51 bits per heavy atom. The Kier molecular flexibility index (Phi) is 6.81. The SMILES string of the molecule is COC(=O)C1=C(CN2CCN(Cc3ccc4c(c3)OCO4)CC2)NC(=O)NC1c1ccccc1Cl. The van der Waals surface area contributed by atoms with Gasteiger partial charge in [-0.1, -0.05) is 35.9 Å². The molecule has 0 aliphatic carbocycles. The first-order valence-corrected chi connectivity index (χ1v) is 11.9. The zero-order chi connectivity index (χ0) is 24.4. The minimum absolute atomic E-state index is 0.268. The Morgan fingerprint density at radius 1 is 1.06 bits per heavy atom. The first kappa shape index (κ1) is 23.5. The van der Waals surface area contributed by atoms with Crippen LogP contribution in [-0.4, -0.2) is 68.4 Å². The molecule has 1 fully saturated rings. The van der Waals surface area contributed by atoms with Crippen molar-refractivity contribution in [1.29, 1.82) is 0 Å². The van der Waals surface area contributed by atoms with E-state index in [9.17, 15) is 9.59 Å². The molecule has 1 unspecified atom stereocenters. The summed E-state index contributed by atoms with van der Waals surface area (Å²) in [5.74, 6) is 1.07. The molecular weight excluding hydrogens is 472 g/mol. The number of nitrogens with zero attached hydrogens (tertiary/aromatic N) is 2. The van der Waals surface area contributed by atoms with Crippen molar-refractivity contribution in [2.24, 2.45) is 0 Å². The van der Waals surface area contributed by atoms with Crippen molar-refractivity contribution in [3.8, 4) is 11.5 Å². The van der Waals surface area contributed by atoms with Gasteiger partial charge in [-0.05, 0) is 29.3 Å². The van der Waals surface area contributed by atoms with Crippen LogP contribution in [-0.2, 0) is 16.1 Å². The van der Waals surface area contributed by atoms with E-state index in [0.717, 1.165) is 44.2 Å². The minimum Gasteiger partial charge on any atom is -0.466 e. The van der Waals surface area contributed by atoms with Crippen molar-refractivity contribution in [3.05, 3.63) is 69.9 Å². The number of nitrogens with one attached hydrogen (secondary N) is 2. The quantitative estimate of drug-likeness (QED) is 0.591. The lowest BCUT2D eigenvalue weighted by atomic mass is 9.95. The Labute approximate surface area is 208 Å². The fourth-order valence-corrected chi connectivity index (χ4v) is 4.91. The third kappa shape index (κ3) is 5.07. The largest absolute Gasteiger partial charge is 0.466 e. The smallest absolute Gasteiger partial charge is 0.338 e. The normalized spacial score (nSPS) is 20.4. The summed E-state index contributed by atoms with van der Waals surface area (Å²) in [5.41, 5.74) is 2.72. The van der Waals surface area contributed by atoms with Crippen LogP contribution in [0.15, 0.2) is 53.7 Å². The molecule has 0 spiro atoms. The number of benzene rings is 2. The zero-order valence-electron chi connectivity index (χ0n) is 19.4. The molecule has 0 aromatic heterocycles. The van der Waals surface area contributed by atoms with Gasteiger partial charge in [0.05, 0.1) is 18.7 Å². The van der Waals surface area contributed by atoms with Crippen LogP contribution in [0.5, 0.6) is 11.5 Å². The summed E-state index contributed by atoms with van der Waals surface area (Å²) in [6.45, 7) is 4.81. The number of piperazine rings is 1. The van der Waals surface area contributed by atoms with Gasteiger partial charge in [-0.15, -0.1) is 0 Å². The van der Waals surface area contributed by atoms with Crippen LogP contribution in [0.4, 0.5) is 4.79 Å². The lowest BCUT2D eigenvalue weighted by Crippen LogP contribution is -2.51. The molecule has 3 heterocycles. The molecule has 2 aromatic rings. The van der Waals surface area contributed by atoms with E-state index < -0.39 is 12.0 Å². The van der Waals surface area contributed by atoms with Crippen LogP contribution < -0.4 is 20.1 Å². The number of carbonyl (C=O) groups is 2. The highest BCUT2D eigenvalue weighted by atomic mass is 35.5. The average Bonchev–Trinajstić information content (AvgIpc) is 3.33. The summed E-state index contributed by atoms with van der Waals surface area (Å²) in [5, 5.41) is 6.12. The van der Waals surface area contributed by atoms with Gasteiger partial charge in [-0.3, -0.25) is 9.80 Å². The van der Waals surface area contributed by atoms with E-state index in [1.54, 1.807) is 18.2 Å². The summed E-state index contributed by atoms with van der Waals surface area (Å²) in [7, 11) is 1.34. The molecule has 2 amide bonds. The van der Waals surface area contributed by atoms with E-state index in [1.807, 2.05) is 18.2 Å². The number of urea groups is 1. The van der Waals surface area contributed by atoms with Gasteiger partial charge >= 0.3 is 12.0 Å². The van der Waals surface area contributed by atoms with Gasteiger partial charge < -0.3 is 24.8 Å². The zero-order valence-corrected chi connectivity index (χ0v) is 20.1. The molecule has 184 valence electrons. The summed E-state index contributed by atoms with van der Waals surface area (Å²) in [6.07, 6.45) is 0. The molecule has 2 N–H and O–H groups in total. The lowest BCUT2D eigenvalue weighted by Gasteiger charge is -2.37. The van der Waals surface area contributed by atoms with E-state index in [-0.39, 0.29) is 12.8 Å². The van der Waals surface area contributed by atoms with Crippen molar-refractivity contribution in [1.82, 2.24) is 20.4 Å². The third-order valence-electron chi connectivity index (χ3n) is 6.46. The van der Waals surface area contributed by atoms with Crippen LogP contribution in [0.1, 0.15) is 17.2 Å². The topological polar surface area (TPSA) is 92.4 Å². The van der Waals surface area contributed by atoms with Gasteiger partial charge in [-0.2, -0.15) is 0 Å². The molecule has 1 saturated heterocycles. The standard InChI is InChI=1S/C25H27ClN4O5/c1-33-24(31)22-19(27-25(32)28-23(22)17-4-2-3-5-18(17)26)14-30-10-8-29(9-11-30)13-16-6-7-20-21(12-16)35-15-34-20/h2-7,12,23H,8-11,13-15H2,1H3,(H2,27,28,32). The van der Waals surface area contributed by atoms with E-state index >= 15 is 0 Å². The Balaban J connectivity index is 1.28. The second-order valence-corrected chi connectivity index (χ2v) is 9.08. The molecule has 0 bridgehead atoms. The van der Waals surface area contributed by atoms with Crippen molar-refractivity contribution >= 4 is 23.6 Å². The van der Waals surface area contributed by atoms with Crippen LogP contribution in [0.2, 0.25) is 5.02 Å². The van der Waals surface area contributed by atoms with E-state index in [0.29, 0.717) is 28.4 Å². The Morgan fingerprint density at radius 2 is 1.77 bits per heavy atom. The second kappa shape index (κ2) is 10.2. The van der Waals surface area contributed by atoms with Crippen molar-refractivity contribution in [2.45, 2.75) is 12.6 Å². The fraction of sp³-hybridized carbons (Fsp3) is 0.360. The van der Waals surface area contributed by atoms with Crippen molar-refractivity contribution in [3.63, 3.8) is 0 Å². The molecule has 9 nitrogen and oxygen atoms in total. The lowest BCUT2D eigenvalue weighted by molar-refractivity contribution is -0.136. The maximum Gasteiger partial charge on any atom is 0.338 e. The van der Waals surface area contributed by atoms with Crippen molar-refractivity contribution in [2.75, 3.05) is 46.6 Å². The van der Waals surface area contributed by atoms with Gasteiger partial charge in [0.2, 0.25) is 6.79 Å². The van der Waals surface area contributed by atoms with Crippen LogP contribution >= 0.6 is 11.6 Å². The molecule has 2 aromatic carbocycles. The van der Waals surface area contributed by atoms with E-state index in [1.165, 1.54) is 12.7 Å². The predicted octanol–water partition coefficient (Wildman–Crippen LogP) is 2.67. The number of halogens is 1. The van der Waals surface area contributed by atoms with Crippen LogP contribution in [0.25, 0.3) is 0 Å². The Hall–Kier alpha value is -3.27. The van der Waals surface area contributed by atoms with E-state index in [4.69, 9.17) is 25.8 Å². The number of rotatable bonds is 6. The third-order valence-corrected chi connectivity index (χ3v) is 6.81. The molecule has 35 heavy (non-hydrogen) atoms. The molecule has 1 atom stereocenters. The number of fused-ring (bicyclic) bond motifs is 1. The Bertz CT molecular complexity index is 1160. The number of methoxy groups -OCH3 is 1. The first-order chi connectivity index (χ1) is 17.0. The average molecular weight is 499 g/mol. The molecule has 3 aliphatic heterocycles.